The molecule has 0 heterocycles. The van der Waals surface area contributed by atoms with Crippen molar-refractivity contribution in [2.24, 2.45) is 0 Å². The predicted molar refractivity (Wildman–Crippen MR) is 348 cm³/mol. The van der Waals surface area contributed by atoms with Gasteiger partial charge >= 0.3 is 17.9 Å². The fraction of sp³-hybridized carbons (Fsp3) is 0.824. The van der Waals surface area contributed by atoms with Gasteiger partial charge in [0.1, 0.15) is 13.2 Å². The van der Waals surface area contributed by atoms with Gasteiger partial charge in [-0.1, -0.05) is 332 Å². The second-order valence-electron chi connectivity index (χ2n) is 23.8. The monoisotopic (exact) mass is 1120 g/mol. The molecule has 0 aromatic rings. The molecule has 0 fully saturated rings. The summed E-state index contributed by atoms with van der Waals surface area (Å²) in [5, 5.41) is 0. The molecule has 1 atom stereocenters. The molecule has 0 aliphatic rings. The molecule has 0 aliphatic heterocycles. The lowest BCUT2D eigenvalue weighted by atomic mass is 10.0. The van der Waals surface area contributed by atoms with Crippen molar-refractivity contribution in [3.8, 4) is 0 Å². The molecule has 0 bridgehead atoms. The molecule has 466 valence electrons. The minimum atomic E-state index is -0.770. The number of esters is 3. The van der Waals surface area contributed by atoms with Crippen LogP contribution in [0.3, 0.4) is 0 Å². The van der Waals surface area contributed by atoms with E-state index in [0.29, 0.717) is 19.3 Å². The summed E-state index contributed by atoms with van der Waals surface area (Å²) < 4.78 is 16.9. The number of carbonyl (C=O) groups is 3. The van der Waals surface area contributed by atoms with Crippen molar-refractivity contribution in [3.63, 3.8) is 0 Å². The standard InChI is InChI=1S/C74H134O6/c1-4-7-10-13-16-19-21-23-25-27-29-30-31-32-33-34-35-36-37-38-39-40-41-42-43-44-46-47-49-51-53-55-58-61-64-67-73(76)79-70-71(69-78-72(75)66-63-60-57-18-15-12-9-6-3)80-74(77)68-65-62-59-56-54-52-50-48-45-28-26-24-22-20-17-14-11-8-5-2/h7,10,16,19,23-26,29-30,71H,4-6,8-9,11-15,17-18,20-22,27-28,31-70H2,1-3H3/b10-7-,19-16-,25-23-,26-24-,30-29-. The van der Waals surface area contributed by atoms with Crippen LogP contribution in [0.5, 0.6) is 0 Å². The first-order valence-electron chi connectivity index (χ1n) is 35.3. The van der Waals surface area contributed by atoms with Crippen molar-refractivity contribution in [2.75, 3.05) is 13.2 Å². The van der Waals surface area contributed by atoms with Crippen LogP contribution in [0.2, 0.25) is 0 Å². The average Bonchev–Trinajstić information content (AvgIpc) is 3.46. The van der Waals surface area contributed by atoms with E-state index in [-0.39, 0.29) is 31.1 Å². The molecule has 6 nitrogen and oxygen atoms in total. The van der Waals surface area contributed by atoms with E-state index in [2.05, 4.69) is 81.5 Å². The molecule has 0 rings (SSSR count). The van der Waals surface area contributed by atoms with Crippen molar-refractivity contribution in [1.29, 1.82) is 0 Å². The van der Waals surface area contributed by atoms with Crippen LogP contribution >= 0.6 is 0 Å². The van der Waals surface area contributed by atoms with Crippen molar-refractivity contribution < 1.29 is 28.6 Å². The summed E-state index contributed by atoms with van der Waals surface area (Å²) in [6, 6.07) is 0. The van der Waals surface area contributed by atoms with E-state index in [1.54, 1.807) is 0 Å². The van der Waals surface area contributed by atoms with Gasteiger partial charge in [0.25, 0.3) is 0 Å². The zero-order chi connectivity index (χ0) is 57.8. The second-order valence-corrected chi connectivity index (χ2v) is 23.8. The highest BCUT2D eigenvalue weighted by Gasteiger charge is 2.19. The molecular weight excluding hydrogens is 985 g/mol. The summed E-state index contributed by atoms with van der Waals surface area (Å²) in [7, 11) is 0. The Hall–Kier alpha value is -2.89. The number of allylic oxidation sites excluding steroid dienone is 10. The smallest absolute Gasteiger partial charge is 0.306 e. The van der Waals surface area contributed by atoms with Crippen LogP contribution in [-0.4, -0.2) is 37.2 Å². The van der Waals surface area contributed by atoms with Gasteiger partial charge in [-0.2, -0.15) is 0 Å². The van der Waals surface area contributed by atoms with Crippen LogP contribution in [0.15, 0.2) is 60.8 Å². The fourth-order valence-corrected chi connectivity index (χ4v) is 10.5. The van der Waals surface area contributed by atoms with Crippen LogP contribution in [0.4, 0.5) is 0 Å². The molecular formula is C74H134O6. The Morgan fingerprint density at radius 2 is 0.487 bits per heavy atom. The maximum atomic E-state index is 12.9. The predicted octanol–water partition coefficient (Wildman–Crippen LogP) is 24.3. The van der Waals surface area contributed by atoms with E-state index in [1.165, 1.54) is 250 Å². The third-order valence-corrected chi connectivity index (χ3v) is 15.8. The van der Waals surface area contributed by atoms with Gasteiger partial charge in [0.05, 0.1) is 0 Å². The van der Waals surface area contributed by atoms with E-state index in [0.717, 1.165) is 83.5 Å². The molecule has 0 aromatic heterocycles. The lowest BCUT2D eigenvalue weighted by molar-refractivity contribution is -0.167. The van der Waals surface area contributed by atoms with Gasteiger partial charge < -0.3 is 14.2 Å². The molecule has 0 saturated heterocycles. The second kappa shape index (κ2) is 68.6. The highest BCUT2D eigenvalue weighted by atomic mass is 16.6. The normalized spacial score (nSPS) is 12.4. The van der Waals surface area contributed by atoms with Crippen LogP contribution in [-0.2, 0) is 28.6 Å². The maximum absolute atomic E-state index is 12.9. The van der Waals surface area contributed by atoms with Gasteiger partial charge in [0, 0.05) is 19.3 Å². The van der Waals surface area contributed by atoms with Crippen molar-refractivity contribution in [3.05, 3.63) is 60.8 Å². The molecule has 0 spiro atoms. The molecule has 0 radical (unpaired) electrons. The Morgan fingerprint density at radius 3 is 0.775 bits per heavy atom. The van der Waals surface area contributed by atoms with E-state index in [9.17, 15) is 14.4 Å². The van der Waals surface area contributed by atoms with Crippen LogP contribution in [0.25, 0.3) is 0 Å². The molecule has 1 unspecified atom stereocenters. The molecule has 0 amide bonds. The summed E-state index contributed by atoms with van der Waals surface area (Å²) in [6.45, 7) is 6.55. The summed E-state index contributed by atoms with van der Waals surface area (Å²) in [5.74, 6) is -0.852. The van der Waals surface area contributed by atoms with Gasteiger partial charge in [-0.25, -0.2) is 0 Å². The quantitative estimate of drug-likeness (QED) is 0.0261. The number of hydrogen-bond acceptors (Lipinski definition) is 6. The number of ether oxygens (including phenoxy) is 3. The Kier molecular flexibility index (Phi) is 66.1. The molecule has 0 N–H and O–H groups in total. The van der Waals surface area contributed by atoms with Gasteiger partial charge in [-0.05, 0) is 83.5 Å². The molecule has 0 saturated carbocycles. The van der Waals surface area contributed by atoms with Gasteiger partial charge in [0.15, 0.2) is 6.10 Å². The van der Waals surface area contributed by atoms with E-state index >= 15 is 0 Å². The first-order valence-corrected chi connectivity index (χ1v) is 35.3. The van der Waals surface area contributed by atoms with Crippen molar-refractivity contribution in [2.45, 2.75) is 380 Å². The highest BCUT2D eigenvalue weighted by Crippen LogP contribution is 2.18. The summed E-state index contributed by atoms with van der Waals surface area (Å²) in [5.41, 5.74) is 0. The highest BCUT2D eigenvalue weighted by molar-refractivity contribution is 5.71. The summed E-state index contributed by atoms with van der Waals surface area (Å²) in [6.07, 6.45) is 88.5. The van der Waals surface area contributed by atoms with Crippen molar-refractivity contribution in [1.82, 2.24) is 0 Å². The largest absolute Gasteiger partial charge is 0.462 e. The summed E-state index contributed by atoms with van der Waals surface area (Å²) in [4.78, 5) is 38.2. The summed E-state index contributed by atoms with van der Waals surface area (Å²) >= 11 is 0. The number of unbranched alkanes of at least 4 members (excludes halogenated alkanes) is 44. The van der Waals surface area contributed by atoms with E-state index in [1.807, 2.05) is 0 Å². The Balaban J connectivity index is 3.99. The zero-order valence-electron chi connectivity index (χ0n) is 53.6. The van der Waals surface area contributed by atoms with Crippen LogP contribution < -0.4 is 0 Å². The van der Waals surface area contributed by atoms with Crippen molar-refractivity contribution >= 4 is 17.9 Å². The SMILES string of the molecule is CC/C=C\C/C=C\C/C=C\C/C=C\CCCCCCCCCCCCCCCCCCCCCCCCC(=O)OCC(COC(=O)CCCCCCCCCC)OC(=O)CCCCCCCCCCC/C=C\CCCCCCCC. The first kappa shape index (κ1) is 77.1. The Morgan fingerprint density at radius 1 is 0.263 bits per heavy atom. The first-order chi connectivity index (χ1) is 39.5. The lowest BCUT2D eigenvalue weighted by Crippen LogP contribution is -2.30. The zero-order valence-corrected chi connectivity index (χ0v) is 53.6. The molecule has 6 heteroatoms. The minimum Gasteiger partial charge on any atom is -0.462 e. The number of rotatable bonds is 65. The number of hydrogen-bond donors (Lipinski definition) is 0. The third kappa shape index (κ3) is 65.9. The Labute approximate surface area is 498 Å². The fourth-order valence-electron chi connectivity index (χ4n) is 10.5. The lowest BCUT2D eigenvalue weighted by Gasteiger charge is -2.18. The van der Waals surface area contributed by atoms with Crippen LogP contribution in [0, 0.1) is 0 Å². The van der Waals surface area contributed by atoms with Gasteiger partial charge in [-0.3, -0.25) is 14.4 Å². The Bertz CT molecular complexity index is 1430. The average molecular weight is 1120 g/mol. The van der Waals surface area contributed by atoms with E-state index < -0.39 is 6.10 Å². The number of carbonyl (C=O) groups excluding carboxylic acids is 3. The van der Waals surface area contributed by atoms with Gasteiger partial charge in [0.2, 0.25) is 0 Å². The maximum Gasteiger partial charge on any atom is 0.306 e. The topological polar surface area (TPSA) is 78.9 Å². The minimum absolute atomic E-state index is 0.0685. The molecule has 0 aliphatic carbocycles. The van der Waals surface area contributed by atoms with E-state index in [4.69, 9.17) is 14.2 Å². The third-order valence-electron chi connectivity index (χ3n) is 15.8. The van der Waals surface area contributed by atoms with Crippen LogP contribution in [0.1, 0.15) is 374 Å². The van der Waals surface area contributed by atoms with Gasteiger partial charge in [-0.15, -0.1) is 0 Å². The molecule has 0 aromatic carbocycles. The molecule has 80 heavy (non-hydrogen) atoms.